The van der Waals surface area contributed by atoms with Crippen molar-refractivity contribution in [1.82, 2.24) is 16.0 Å². The Bertz CT molecular complexity index is 1010. The molecule has 0 saturated carbocycles. The van der Waals surface area contributed by atoms with Gasteiger partial charge < -0.3 is 20.4 Å². The van der Waals surface area contributed by atoms with Crippen molar-refractivity contribution in [2.75, 3.05) is 13.1 Å². The lowest BCUT2D eigenvalue weighted by molar-refractivity contribution is 0.0948. The van der Waals surface area contributed by atoms with Gasteiger partial charge in [0.2, 0.25) is 0 Å². The minimum absolute atomic E-state index is 0. The molecular weight excluding hydrogens is 522 g/mol. The fraction of sp³-hybridized carbons (Fsp3) is 0.250. The van der Waals surface area contributed by atoms with Gasteiger partial charge in [-0.3, -0.25) is 4.79 Å². The van der Waals surface area contributed by atoms with Crippen molar-refractivity contribution in [3.05, 3.63) is 95.2 Å². The topological polar surface area (TPSA) is 78.7 Å². The second-order valence-electron chi connectivity index (χ2n) is 6.93. The predicted molar refractivity (Wildman–Crippen MR) is 135 cm³/mol. The first-order chi connectivity index (χ1) is 15.2. The third-order valence-corrected chi connectivity index (χ3v) is 4.60. The summed E-state index contributed by atoms with van der Waals surface area (Å²) >= 11 is 0. The molecular formula is C24H28FIN4O2. The van der Waals surface area contributed by atoms with Gasteiger partial charge in [0, 0.05) is 18.7 Å². The summed E-state index contributed by atoms with van der Waals surface area (Å²) in [7, 11) is 0. The molecule has 1 amide bonds. The first-order valence-corrected chi connectivity index (χ1v) is 10.3. The van der Waals surface area contributed by atoms with Gasteiger partial charge in [0.15, 0.2) is 5.96 Å². The number of carbonyl (C=O) groups excluding carboxylic acids is 1. The Hall–Kier alpha value is -2.88. The second kappa shape index (κ2) is 13.5. The molecule has 0 spiro atoms. The highest BCUT2D eigenvalue weighted by molar-refractivity contribution is 14.0. The number of aliphatic imine (C=N–C) groups is 1. The van der Waals surface area contributed by atoms with E-state index in [1.54, 1.807) is 30.5 Å². The van der Waals surface area contributed by atoms with Crippen LogP contribution in [0.15, 0.2) is 76.3 Å². The summed E-state index contributed by atoms with van der Waals surface area (Å²) in [5.41, 5.74) is 2.15. The molecule has 1 aromatic heterocycles. The Labute approximate surface area is 204 Å². The van der Waals surface area contributed by atoms with Gasteiger partial charge in [0.1, 0.15) is 11.6 Å². The van der Waals surface area contributed by atoms with Crippen LogP contribution in [0.1, 0.15) is 34.2 Å². The Balaban J connectivity index is 0.00000363. The second-order valence-corrected chi connectivity index (χ2v) is 6.93. The molecule has 32 heavy (non-hydrogen) atoms. The summed E-state index contributed by atoms with van der Waals surface area (Å²) in [6, 6.07) is 17.7. The summed E-state index contributed by atoms with van der Waals surface area (Å²) in [6.45, 7) is 4.00. The van der Waals surface area contributed by atoms with E-state index in [0.717, 1.165) is 5.56 Å². The van der Waals surface area contributed by atoms with Crippen LogP contribution in [0.5, 0.6) is 0 Å². The molecule has 0 unspecified atom stereocenters. The van der Waals surface area contributed by atoms with Gasteiger partial charge in [0.05, 0.1) is 19.4 Å². The van der Waals surface area contributed by atoms with E-state index < -0.39 is 0 Å². The maximum absolute atomic E-state index is 13.8. The van der Waals surface area contributed by atoms with Gasteiger partial charge in [-0.15, -0.1) is 24.0 Å². The van der Waals surface area contributed by atoms with E-state index in [1.165, 1.54) is 6.07 Å². The molecule has 0 aliphatic rings. The lowest BCUT2D eigenvalue weighted by Gasteiger charge is -2.12. The van der Waals surface area contributed by atoms with Gasteiger partial charge in [-0.25, -0.2) is 9.38 Å². The van der Waals surface area contributed by atoms with Crippen molar-refractivity contribution in [2.24, 2.45) is 4.99 Å². The molecule has 0 fully saturated rings. The van der Waals surface area contributed by atoms with Crippen molar-refractivity contribution in [2.45, 2.75) is 26.4 Å². The van der Waals surface area contributed by atoms with Gasteiger partial charge in [-0.05, 0) is 54.8 Å². The molecule has 0 saturated heterocycles. The standard InChI is InChI=1S/C24H27FN4O2.HI/c1-2-26-24(27-13-12-19-8-3-4-11-22(19)25)29-16-18-7-5-9-20(15-18)23(30)28-17-21-10-6-14-31-21;/h3-11,14-15H,2,12-13,16-17H2,1H3,(H,28,30)(H2,26,27,29);1H. The largest absolute Gasteiger partial charge is 0.467 e. The molecule has 3 aromatic rings. The van der Waals surface area contributed by atoms with Crippen LogP contribution < -0.4 is 16.0 Å². The van der Waals surface area contributed by atoms with Crippen LogP contribution in [0.4, 0.5) is 4.39 Å². The van der Waals surface area contributed by atoms with E-state index in [9.17, 15) is 9.18 Å². The highest BCUT2D eigenvalue weighted by atomic mass is 127. The molecule has 6 nitrogen and oxygen atoms in total. The maximum atomic E-state index is 13.8. The zero-order chi connectivity index (χ0) is 21.9. The van der Waals surface area contributed by atoms with E-state index in [0.29, 0.717) is 55.4 Å². The van der Waals surface area contributed by atoms with Crippen LogP contribution in [0, 0.1) is 5.82 Å². The first-order valence-electron chi connectivity index (χ1n) is 10.3. The first kappa shape index (κ1) is 25.4. The minimum atomic E-state index is -0.201. The van der Waals surface area contributed by atoms with Crippen LogP contribution in [0.25, 0.3) is 0 Å². The number of furan rings is 1. The lowest BCUT2D eigenvalue weighted by Crippen LogP contribution is -2.38. The number of hydrogen-bond donors (Lipinski definition) is 3. The summed E-state index contributed by atoms with van der Waals surface area (Å²) < 4.78 is 19.0. The number of benzene rings is 2. The van der Waals surface area contributed by atoms with Crippen LogP contribution in [0.2, 0.25) is 0 Å². The quantitative estimate of drug-likeness (QED) is 0.211. The average Bonchev–Trinajstić information content (AvgIpc) is 3.31. The summed E-state index contributed by atoms with van der Waals surface area (Å²) in [5, 5.41) is 9.24. The molecule has 3 rings (SSSR count). The van der Waals surface area contributed by atoms with Crippen molar-refractivity contribution in [3.63, 3.8) is 0 Å². The van der Waals surface area contributed by atoms with Crippen LogP contribution in [-0.4, -0.2) is 25.0 Å². The van der Waals surface area contributed by atoms with Crippen LogP contribution in [-0.2, 0) is 19.5 Å². The van der Waals surface area contributed by atoms with Crippen molar-refractivity contribution in [1.29, 1.82) is 0 Å². The monoisotopic (exact) mass is 550 g/mol. The molecule has 170 valence electrons. The maximum Gasteiger partial charge on any atom is 0.251 e. The third-order valence-electron chi connectivity index (χ3n) is 4.60. The van der Waals surface area contributed by atoms with Gasteiger partial charge in [0.25, 0.3) is 5.91 Å². The molecule has 2 aromatic carbocycles. The van der Waals surface area contributed by atoms with E-state index in [2.05, 4.69) is 20.9 Å². The fourth-order valence-electron chi connectivity index (χ4n) is 3.02. The third kappa shape index (κ3) is 7.99. The smallest absolute Gasteiger partial charge is 0.251 e. The number of carbonyl (C=O) groups is 1. The molecule has 0 aliphatic carbocycles. The summed E-state index contributed by atoms with van der Waals surface area (Å²) in [4.78, 5) is 17.0. The molecule has 1 heterocycles. The number of amides is 1. The Morgan fingerprint density at radius 1 is 1.03 bits per heavy atom. The summed E-state index contributed by atoms with van der Waals surface area (Å²) in [6.07, 6.45) is 2.13. The summed E-state index contributed by atoms with van der Waals surface area (Å²) in [5.74, 6) is 0.975. The molecule has 0 atom stereocenters. The fourth-order valence-corrected chi connectivity index (χ4v) is 3.02. The number of rotatable bonds is 9. The normalized spacial score (nSPS) is 10.9. The number of nitrogens with one attached hydrogen (secondary N) is 3. The zero-order valence-electron chi connectivity index (χ0n) is 17.9. The van der Waals surface area contributed by atoms with Crippen LogP contribution >= 0.6 is 24.0 Å². The highest BCUT2D eigenvalue weighted by Gasteiger charge is 2.07. The number of guanidine groups is 1. The molecule has 0 aliphatic heterocycles. The molecule has 3 N–H and O–H groups in total. The predicted octanol–water partition coefficient (Wildman–Crippen LogP) is 4.26. The van der Waals surface area contributed by atoms with Crippen molar-refractivity contribution < 1.29 is 13.6 Å². The molecule has 0 bridgehead atoms. The van der Waals surface area contributed by atoms with E-state index in [-0.39, 0.29) is 35.7 Å². The van der Waals surface area contributed by atoms with Gasteiger partial charge in [-0.1, -0.05) is 30.3 Å². The Kier molecular flexibility index (Phi) is 10.7. The SMILES string of the molecule is CCNC(=NCc1cccc(C(=O)NCc2ccco2)c1)NCCc1ccccc1F.I. The van der Waals surface area contributed by atoms with E-state index in [1.807, 2.05) is 37.3 Å². The van der Waals surface area contributed by atoms with Crippen molar-refractivity contribution >= 4 is 35.8 Å². The van der Waals surface area contributed by atoms with Crippen molar-refractivity contribution in [3.8, 4) is 0 Å². The number of nitrogens with zero attached hydrogens (tertiary/aromatic N) is 1. The van der Waals surface area contributed by atoms with Gasteiger partial charge in [-0.2, -0.15) is 0 Å². The Morgan fingerprint density at radius 3 is 2.62 bits per heavy atom. The van der Waals surface area contributed by atoms with Gasteiger partial charge >= 0.3 is 0 Å². The van der Waals surface area contributed by atoms with Crippen LogP contribution in [0.3, 0.4) is 0 Å². The average molecular weight is 550 g/mol. The lowest BCUT2D eigenvalue weighted by atomic mass is 10.1. The van der Waals surface area contributed by atoms with E-state index in [4.69, 9.17) is 4.42 Å². The number of hydrogen-bond acceptors (Lipinski definition) is 3. The highest BCUT2D eigenvalue weighted by Crippen LogP contribution is 2.08. The molecule has 8 heteroatoms. The Morgan fingerprint density at radius 2 is 1.88 bits per heavy atom. The minimum Gasteiger partial charge on any atom is -0.467 e. The van der Waals surface area contributed by atoms with E-state index >= 15 is 0 Å². The zero-order valence-corrected chi connectivity index (χ0v) is 20.3. The molecule has 0 radical (unpaired) electrons. The number of halogens is 2.